The normalized spacial score (nSPS) is 15.4. The van der Waals surface area contributed by atoms with Gasteiger partial charge in [0.05, 0.1) is 0 Å². The van der Waals surface area contributed by atoms with E-state index in [0.717, 1.165) is 24.5 Å². The molecule has 0 aromatic heterocycles. The number of hydrogen-bond donors (Lipinski definition) is 3. The average Bonchev–Trinajstić information content (AvgIpc) is 2.73. The Labute approximate surface area is 193 Å². The quantitative estimate of drug-likeness (QED) is 0.282. The number of piperidine rings is 1. The number of benzene rings is 1. The molecule has 1 fully saturated rings. The van der Waals surface area contributed by atoms with E-state index in [2.05, 4.69) is 39.7 Å². The molecule has 1 heterocycles. The zero-order chi connectivity index (χ0) is 20.4. The van der Waals surface area contributed by atoms with Gasteiger partial charge in [-0.3, -0.25) is 14.7 Å². The summed E-state index contributed by atoms with van der Waals surface area (Å²) >= 11 is 0. The fourth-order valence-corrected chi connectivity index (χ4v) is 3.48. The molecule has 1 amide bonds. The maximum Gasteiger partial charge on any atom is 0.251 e. The number of likely N-dealkylation sites (tertiary alicyclic amines) is 1. The lowest BCUT2D eigenvalue weighted by molar-refractivity contribution is 0.0953. The molecule has 29 heavy (non-hydrogen) atoms. The summed E-state index contributed by atoms with van der Waals surface area (Å²) in [6, 6.07) is 7.73. The van der Waals surface area contributed by atoms with Crippen LogP contribution in [0.25, 0.3) is 0 Å². The lowest BCUT2D eigenvalue weighted by atomic mass is 9.98. The highest BCUT2D eigenvalue weighted by Gasteiger charge is 2.27. The minimum atomic E-state index is -0.0190. The van der Waals surface area contributed by atoms with Gasteiger partial charge in [-0.1, -0.05) is 25.5 Å². The van der Waals surface area contributed by atoms with Gasteiger partial charge in [-0.05, 0) is 63.9 Å². The van der Waals surface area contributed by atoms with Gasteiger partial charge in [0.25, 0.3) is 5.91 Å². The van der Waals surface area contributed by atoms with Crippen LogP contribution in [0, 0.1) is 0 Å². The molecular formula is C22H38IN5O. The third-order valence-corrected chi connectivity index (χ3v) is 5.31. The summed E-state index contributed by atoms with van der Waals surface area (Å²) in [6.45, 7) is 11.1. The number of amides is 1. The summed E-state index contributed by atoms with van der Waals surface area (Å²) in [5, 5.41) is 9.74. The van der Waals surface area contributed by atoms with E-state index in [0.29, 0.717) is 18.7 Å². The van der Waals surface area contributed by atoms with Gasteiger partial charge >= 0.3 is 0 Å². The Bertz CT molecular complexity index is 656. The molecule has 0 aliphatic carbocycles. The van der Waals surface area contributed by atoms with E-state index in [1.807, 2.05) is 31.2 Å². The first-order valence-corrected chi connectivity index (χ1v) is 10.5. The highest BCUT2D eigenvalue weighted by Crippen LogP contribution is 2.19. The van der Waals surface area contributed by atoms with E-state index in [-0.39, 0.29) is 35.4 Å². The molecule has 1 aromatic carbocycles. The minimum absolute atomic E-state index is 0. The largest absolute Gasteiger partial charge is 0.355 e. The van der Waals surface area contributed by atoms with E-state index >= 15 is 0 Å². The fraction of sp³-hybridized carbons (Fsp3) is 0.636. The summed E-state index contributed by atoms with van der Waals surface area (Å²) in [4.78, 5) is 19.1. The van der Waals surface area contributed by atoms with Gasteiger partial charge in [-0.25, -0.2) is 0 Å². The van der Waals surface area contributed by atoms with Crippen LogP contribution in [-0.2, 0) is 6.54 Å². The number of rotatable bonds is 8. The number of hydrogen-bond acceptors (Lipinski definition) is 3. The van der Waals surface area contributed by atoms with Crippen LogP contribution in [0.2, 0.25) is 0 Å². The summed E-state index contributed by atoms with van der Waals surface area (Å²) < 4.78 is 0. The van der Waals surface area contributed by atoms with Crippen LogP contribution in [0.5, 0.6) is 0 Å². The Morgan fingerprint density at radius 1 is 1.14 bits per heavy atom. The molecule has 0 atom stereocenters. The molecule has 2 rings (SSSR count). The van der Waals surface area contributed by atoms with Gasteiger partial charge in [-0.15, -0.1) is 24.0 Å². The number of carbonyl (C=O) groups excluding carboxylic acids is 1. The summed E-state index contributed by atoms with van der Waals surface area (Å²) in [7, 11) is 1.79. The third-order valence-electron chi connectivity index (χ3n) is 5.31. The van der Waals surface area contributed by atoms with E-state index in [1.165, 1.54) is 32.4 Å². The van der Waals surface area contributed by atoms with Crippen LogP contribution in [0.3, 0.4) is 0 Å². The van der Waals surface area contributed by atoms with E-state index < -0.39 is 0 Å². The lowest BCUT2D eigenvalue weighted by Crippen LogP contribution is -2.54. The van der Waals surface area contributed by atoms with E-state index in [9.17, 15) is 4.79 Å². The molecule has 0 spiro atoms. The molecule has 164 valence electrons. The molecule has 0 radical (unpaired) electrons. The highest BCUT2D eigenvalue weighted by molar-refractivity contribution is 14.0. The van der Waals surface area contributed by atoms with Crippen molar-refractivity contribution >= 4 is 35.8 Å². The summed E-state index contributed by atoms with van der Waals surface area (Å²) in [6.07, 6.45) is 4.86. The first kappa shape index (κ1) is 25.7. The van der Waals surface area contributed by atoms with E-state index in [1.54, 1.807) is 7.05 Å². The molecule has 0 saturated carbocycles. The SMILES string of the molecule is CCCNC(=O)c1cccc(CNC(=NC)NCC(C)(C)N2CCCCC2)c1.I. The Kier molecular flexibility index (Phi) is 11.6. The second kappa shape index (κ2) is 13.1. The van der Waals surface area contributed by atoms with E-state index in [4.69, 9.17) is 0 Å². The van der Waals surface area contributed by atoms with Crippen molar-refractivity contribution in [1.29, 1.82) is 0 Å². The monoisotopic (exact) mass is 515 g/mol. The first-order chi connectivity index (χ1) is 13.5. The Balaban J connectivity index is 0.00000420. The second-order valence-corrected chi connectivity index (χ2v) is 8.10. The van der Waals surface area contributed by atoms with Crippen molar-refractivity contribution in [2.24, 2.45) is 4.99 Å². The zero-order valence-electron chi connectivity index (χ0n) is 18.4. The number of halogens is 1. The molecule has 3 N–H and O–H groups in total. The molecule has 1 aliphatic heterocycles. The van der Waals surface area contributed by atoms with Crippen LogP contribution in [0.4, 0.5) is 0 Å². The van der Waals surface area contributed by atoms with Gasteiger partial charge in [0, 0.05) is 37.8 Å². The number of nitrogens with one attached hydrogen (secondary N) is 3. The predicted molar refractivity (Wildman–Crippen MR) is 132 cm³/mol. The fourth-order valence-electron chi connectivity index (χ4n) is 3.48. The third kappa shape index (κ3) is 8.50. The Morgan fingerprint density at radius 2 is 1.86 bits per heavy atom. The van der Waals surface area contributed by atoms with Crippen LogP contribution < -0.4 is 16.0 Å². The maximum absolute atomic E-state index is 12.1. The van der Waals surface area contributed by atoms with Gasteiger partial charge in [0.1, 0.15) is 0 Å². The molecule has 7 heteroatoms. The van der Waals surface area contributed by atoms with Crippen molar-refractivity contribution in [3.8, 4) is 0 Å². The van der Waals surface area contributed by atoms with Crippen LogP contribution in [0.1, 0.15) is 62.4 Å². The number of carbonyl (C=O) groups is 1. The van der Waals surface area contributed by atoms with Crippen LogP contribution in [-0.4, -0.2) is 55.5 Å². The van der Waals surface area contributed by atoms with Gasteiger partial charge in [-0.2, -0.15) is 0 Å². The van der Waals surface area contributed by atoms with Crippen LogP contribution >= 0.6 is 24.0 Å². The standard InChI is InChI=1S/C22H37N5O.HI/c1-5-12-24-20(28)19-11-9-10-18(15-19)16-25-21(23-4)26-17-22(2,3)27-13-7-6-8-14-27;/h9-11,15H,5-8,12-14,16-17H2,1-4H3,(H,24,28)(H2,23,25,26);1H. The van der Waals surface area contributed by atoms with Crippen molar-refractivity contribution in [1.82, 2.24) is 20.9 Å². The zero-order valence-corrected chi connectivity index (χ0v) is 20.7. The van der Waals surface area contributed by atoms with Crippen LogP contribution in [0.15, 0.2) is 29.3 Å². The molecular weight excluding hydrogens is 477 g/mol. The molecule has 6 nitrogen and oxygen atoms in total. The molecule has 1 aromatic rings. The van der Waals surface area contributed by atoms with Gasteiger partial charge in [0.15, 0.2) is 5.96 Å². The Morgan fingerprint density at radius 3 is 2.52 bits per heavy atom. The summed E-state index contributed by atoms with van der Waals surface area (Å²) in [5.41, 5.74) is 1.85. The van der Waals surface area contributed by atoms with Crippen molar-refractivity contribution in [3.05, 3.63) is 35.4 Å². The van der Waals surface area contributed by atoms with Crippen molar-refractivity contribution in [2.45, 2.75) is 58.5 Å². The molecule has 0 unspecified atom stereocenters. The number of aliphatic imine (C=N–C) groups is 1. The molecule has 0 bridgehead atoms. The molecule has 1 aliphatic rings. The lowest BCUT2D eigenvalue weighted by Gasteiger charge is -2.41. The minimum Gasteiger partial charge on any atom is -0.355 e. The average molecular weight is 515 g/mol. The topological polar surface area (TPSA) is 68.8 Å². The predicted octanol–water partition coefficient (Wildman–Crippen LogP) is 3.37. The smallest absolute Gasteiger partial charge is 0.251 e. The maximum atomic E-state index is 12.1. The first-order valence-electron chi connectivity index (χ1n) is 10.5. The number of guanidine groups is 1. The highest BCUT2D eigenvalue weighted by atomic mass is 127. The second-order valence-electron chi connectivity index (χ2n) is 8.10. The number of nitrogens with zero attached hydrogens (tertiary/aromatic N) is 2. The summed E-state index contributed by atoms with van der Waals surface area (Å²) in [5.74, 6) is 0.764. The Hall–Kier alpha value is -1.35. The van der Waals surface area contributed by atoms with Crippen molar-refractivity contribution in [3.63, 3.8) is 0 Å². The van der Waals surface area contributed by atoms with Gasteiger partial charge in [0.2, 0.25) is 0 Å². The van der Waals surface area contributed by atoms with Gasteiger partial charge < -0.3 is 16.0 Å². The van der Waals surface area contributed by atoms with Crippen molar-refractivity contribution < 1.29 is 4.79 Å². The van der Waals surface area contributed by atoms with Crippen molar-refractivity contribution in [2.75, 3.05) is 33.2 Å². The molecule has 1 saturated heterocycles.